The van der Waals surface area contributed by atoms with E-state index in [9.17, 15) is 12.8 Å². The molecule has 1 aromatic carbocycles. The fourth-order valence-electron chi connectivity index (χ4n) is 2.57. The third-order valence-corrected chi connectivity index (χ3v) is 5.85. The molecular weight excluding hydrogens is 317 g/mol. The van der Waals surface area contributed by atoms with Crippen molar-refractivity contribution < 1.29 is 12.8 Å². The normalized spacial score (nSPS) is 24.3. The molecule has 5 nitrogen and oxygen atoms in total. The molecule has 1 aliphatic rings. The summed E-state index contributed by atoms with van der Waals surface area (Å²) < 4.78 is 37.3. The van der Waals surface area contributed by atoms with Crippen molar-refractivity contribution in [1.82, 2.24) is 9.97 Å². The van der Waals surface area contributed by atoms with Crippen molar-refractivity contribution >= 4 is 38.2 Å². The van der Waals surface area contributed by atoms with Crippen molar-refractivity contribution in [2.24, 2.45) is 5.92 Å². The lowest BCUT2D eigenvalue weighted by Crippen LogP contribution is -2.26. The van der Waals surface area contributed by atoms with Gasteiger partial charge in [-0.05, 0) is 18.1 Å². The standard InChI is InChI=1S/C13H13ClFN3O2S/c1-7-4-21(19,20)5-10(7)18-13-8-2-3-9(14)11(15)12(8)16-6-17-13/h2-3,6-7,10H,4-5H2,1H3,(H,16,17,18)/t7-,10+/m1/s1. The molecular formula is C13H13ClFN3O2S. The first-order valence-corrected chi connectivity index (χ1v) is 8.63. The Morgan fingerprint density at radius 2 is 2.10 bits per heavy atom. The zero-order valence-electron chi connectivity index (χ0n) is 11.2. The highest BCUT2D eigenvalue weighted by molar-refractivity contribution is 7.91. The van der Waals surface area contributed by atoms with E-state index in [1.807, 2.05) is 6.92 Å². The number of sulfone groups is 1. The highest BCUT2D eigenvalue weighted by Gasteiger charge is 2.35. The van der Waals surface area contributed by atoms with Crippen molar-refractivity contribution in [2.45, 2.75) is 13.0 Å². The summed E-state index contributed by atoms with van der Waals surface area (Å²) in [6, 6.07) is 2.81. The molecule has 1 aromatic heterocycles. The maximum absolute atomic E-state index is 13.9. The smallest absolute Gasteiger partial charge is 0.168 e. The minimum Gasteiger partial charge on any atom is -0.365 e. The van der Waals surface area contributed by atoms with Crippen LogP contribution >= 0.6 is 11.6 Å². The Labute approximate surface area is 126 Å². The van der Waals surface area contributed by atoms with Crippen LogP contribution < -0.4 is 5.32 Å². The van der Waals surface area contributed by atoms with Crippen molar-refractivity contribution in [2.75, 3.05) is 16.8 Å². The van der Waals surface area contributed by atoms with Crippen LogP contribution in [0.2, 0.25) is 5.02 Å². The minimum atomic E-state index is -3.03. The summed E-state index contributed by atoms with van der Waals surface area (Å²) in [5.74, 6) is -0.0164. The number of rotatable bonds is 2. The molecule has 0 aliphatic carbocycles. The molecule has 0 amide bonds. The summed E-state index contributed by atoms with van der Waals surface area (Å²) in [4.78, 5) is 7.99. The van der Waals surface area contributed by atoms with Crippen LogP contribution in [0.5, 0.6) is 0 Å². The first kappa shape index (κ1) is 14.5. The molecule has 2 heterocycles. The maximum atomic E-state index is 13.9. The van der Waals surface area contributed by atoms with Gasteiger partial charge in [0, 0.05) is 11.4 Å². The molecule has 1 saturated heterocycles. The van der Waals surface area contributed by atoms with Crippen LogP contribution in [0.15, 0.2) is 18.5 Å². The summed E-state index contributed by atoms with van der Waals surface area (Å²) in [6.07, 6.45) is 1.23. The highest BCUT2D eigenvalue weighted by atomic mass is 35.5. The van der Waals surface area contributed by atoms with Gasteiger partial charge >= 0.3 is 0 Å². The summed E-state index contributed by atoms with van der Waals surface area (Å²) in [5, 5.41) is 3.57. The Balaban J connectivity index is 2.00. The van der Waals surface area contributed by atoms with E-state index < -0.39 is 15.7 Å². The van der Waals surface area contributed by atoms with Crippen LogP contribution in [0.3, 0.4) is 0 Å². The number of fused-ring (bicyclic) bond motifs is 1. The van der Waals surface area contributed by atoms with Crippen molar-refractivity contribution in [1.29, 1.82) is 0 Å². The van der Waals surface area contributed by atoms with Gasteiger partial charge < -0.3 is 5.32 Å². The van der Waals surface area contributed by atoms with E-state index in [1.54, 1.807) is 6.07 Å². The van der Waals surface area contributed by atoms with Crippen LogP contribution in [-0.2, 0) is 9.84 Å². The second-order valence-corrected chi connectivity index (χ2v) is 7.85. The Morgan fingerprint density at radius 3 is 2.76 bits per heavy atom. The molecule has 112 valence electrons. The molecule has 0 spiro atoms. The lowest BCUT2D eigenvalue weighted by atomic mass is 10.1. The molecule has 8 heteroatoms. The van der Waals surface area contributed by atoms with Crippen LogP contribution in [-0.4, -0.2) is 35.9 Å². The van der Waals surface area contributed by atoms with E-state index in [0.717, 1.165) is 0 Å². The SMILES string of the molecule is C[C@@H]1CS(=O)(=O)C[C@@H]1Nc1ncnc2c(F)c(Cl)ccc12. The number of aromatic nitrogens is 2. The second-order valence-electron chi connectivity index (χ2n) is 5.28. The fraction of sp³-hybridized carbons (Fsp3) is 0.385. The van der Waals surface area contributed by atoms with Crippen molar-refractivity contribution in [3.05, 3.63) is 29.3 Å². The molecule has 21 heavy (non-hydrogen) atoms. The van der Waals surface area contributed by atoms with Gasteiger partial charge in [-0.15, -0.1) is 0 Å². The van der Waals surface area contributed by atoms with Crippen LogP contribution in [0.4, 0.5) is 10.2 Å². The maximum Gasteiger partial charge on any atom is 0.168 e. The largest absolute Gasteiger partial charge is 0.365 e. The van der Waals surface area contributed by atoms with Gasteiger partial charge in [-0.1, -0.05) is 18.5 Å². The lowest BCUT2D eigenvalue weighted by molar-refractivity contribution is 0.592. The Morgan fingerprint density at radius 1 is 1.33 bits per heavy atom. The monoisotopic (exact) mass is 329 g/mol. The van der Waals surface area contributed by atoms with E-state index >= 15 is 0 Å². The van der Waals surface area contributed by atoms with Gasteiger partial charge in [0.25, 0.3) is 0 Å². The molecule has 0 bridgehead atoms. The van der Waals surface area contributed by atoms with E-state index in [2.05, 4.69) is 15.3 Å². The van der Waals surface area contributed by atoms with Gasteiger partial charge in [0.15, 0.2) is 15.7 Å². The van der Waals surface area contributed by atoms with Gasteiger partial charge in [0.1, 0.15) is 17.7 Å². The number of hydrogen-bond acceptors (Lipinski definition) is 5. The summed E-state index contributed by atoms with van der Waals surface area (Å²) >= 11 is 5.74. The lowest BCUT2D eigenvalue weighted by Gasteiger charge is -2.17. The number of nitrogens with one attached hydrogen (secondary N) is 1. The molecule has 1 fully saturated rings. The Hall–Kier alpha value is -1.47. The molecule has 2 atom stereocenters. The average Bonchev–Trinajstić information content (AvgIpc) is 2.67. The summed E-state index contributed by atoms with van der Waals surface area (Å²) in [7, 11) is -3.03. The third-order valence-electron chi connectivity index (χ3n) is 3.66. The van der Waals surface area contributed by atoms with Gasteiger partial charge in [0.05, 0.1) is 16.5 Å². The van der Waals surface area contributed by atoms with E-state index in [1.165, 1.54) is 12.4 Å². The van der Waals surface area contributed by atoms with Crippen molar-refractivity contribution in [3.8, 4) is 0 Å². The molecule has 2 aromatic rings. The third kappa shape index (κ3) is 2.67. The summed E-state index contributed by atoms with van der Waals surface area (Å²) in [5.41, 5.74) is 0.119. The van der Waals surface area contributed by atoms with Crippen molar-refractivity contribution in [3.63, 3.8) is 0 Å². The number of halogens is 2. The number of anilines is 1. The van der Waals surface area contributed by atoms with Crippen LogP contribution in [0.25, 0.3) is 10.9 Å². The zero-order chi connectivity index (χ0) is 15.2. The van der Waals surface area contributed by atoms with Gasteiger partial charge in [-0.25, -0.2) is 22.8 Å². The highest BCUT2D eigenvalue weighted by Crippen LogP contribution is 2.29. The van der Waals surface area contributed by atoms with Gasteiger partial charge in [-0.3, -0.25) is 0 Å². The van der Waals surface area contributed by atoms with E-state index in [-0.39, 0.29) is 34.0 Å². The second kappa shape index (κ2) is 5.06. The molecule has 1 aliphatic heterocycles. The predicted molar refractivity (Wildman–Crippen MR) is 79.7 cm³/mol. The molecule has 0 radical (unpaired) electrons. The number of hydrogen-bond donors (Lipinski definition) is 1. The van der Waals surface area contributed by atoms with E-state index in [0.29, 0.717) is 11.2 Å². The predicted octanol–water partition coefficient (Wildman–Crippen LogP) is 2.27. The van der Waals surface area contributed by atoms with Gasteiger partial charge in [-0.2, -0.15) is 0 Å². The Kier molecular flexibility index (Phi) is 3.49. The van der Waals surface area contributed by atoms with Crippen LogP contribution in [0, 0.1) is 11.7 Å². The average molecular weight is 330 g/mol. The molecule has 1 N–H and O–H groups in total. The van der Waals surface area contributed by atoms with Gasteiger partial charge in [0.2, 0.25) is 0 Å². The number of benzene rings is 1. The van der Waals surface area contributed by atoms with E-state index in [4.69, 9.17) is 11.6 Å². The molecule has 0 unspecified atom stereocenters. The Bertz CT molecular complexity index is 812. The first-order chi connectivity index (χ1) is 9.87. The van der Waals surface area contributed by atoms with Crippen LogP contribution in [0.1, 0.15) is 6.92 Å². The quantitative estimate of drug-likeness (QED) is 0.915. The molecule has 0 saturated carbocycles. The molecule has 3 rings (SSSR count). The minimum absolute atomic E-state index is 0.0102. The first-order valence-electron chi connectivity index (χ1n) is 6.43. The zero-order valence-corrected chi connectivity index (χ0v) is 12.7. The fourth-order valence-corrected chi connectivity index (χ4v) is 4.85. The topological polar surface area (TPSA) is 72.0 Å². The number of nitrogens with zero attached hydrogens (tertiary/aromatic N) is 2. The summed E-state index contributed by atoms with van der Waals surface area (Å²) in [6.45, 7) is 1.86.